The average Bonchev–Trinajstić information content (AvgIpc) is 2.92. The van der Waals surface area contributed by atoms with Crippen molar-refractivity contribution in [3.05, 3.63) is 72.7 Å². The number of hydrogen-bond acceptors (Lipinski definition) is 8. The van der Waals surface area contributed by atoms with Gasteiger partial charge in [0.25, 0.3) is 0 Å². The highest BCUT2D eigenvalue weighted by Gasteiger charge is 2.30. The van der Waals surface area contributed by atoms with Crippen LogP contribution >= 0.6 is 0 Å². The number of hydroxylamine groups is 2. The van der Waals surface area contributed by atoms with E-state index in [4.69, 9.17) is 14.3 Å². The van der Waals surface area contributed by atoms with Crippen LogP contribution in [0.25, 0.3) is 22.2 Å². The number of pyridine rings is 1. The zero-order chi connectivity index (χ0) is 29.2. The van der Waals surface area contributed by atoms with Gasteiger partial charge in [-0.2, -0.15) is 13.2 Å². The number of carbonyl (C=O) groups excluding carboxylic acids is 1. The van der Waals surface area contributed by atoms with Gasteiger partial charge in [0.1, 0.15) is 17.7 Å². The Labute approximate surface area is 234 Å². The highest BCUT2D eigenvalue weighted by Crippen LogP contribution is 2.32. The number of ether oxygens (including phenoxy) is 2. The van der Waals surface area contributed by atoms with Gasteiger partial charge in [0, 0.05) is 48.4 Å². The Balaban J connectivity index is 1.25. The molecule has 1 aliphatic heterocycles. The van der Waals surface area contributed by atoms with E-state index in [0.29, 0.717) is 54.5 Å². The fraction of sp³-hybridized carbons (Fsp3) is 0.310. The van der Waals surface area contributed by atoms with Gasteiger partial charge >= 0.3 is 12.3 Å². The summed E-state index contributed by atoms with van der Waals surface area (Å²) >= 11 is 0. The van der Waals surface area contributed by atoms with Crippen molar-refractivity contribution >= 4 is 17.0 Å². The Bertz CT molecular complexity index is 1530. The molecule has 0 N–H and O–H groups in total. The maximum atomic E-state index is 12.9. The van der Waals surface area contributed by atoms with E-state index >= 15 is 0 Å². The number of hydrogen-bond donors (Lipinski definition) is 0. The molecule has 3 heterocycles. The van der Waals surface area contributed by atoms with Gasteiger partial charge in [-0.3, -0.25) is 4.98 Å². The third-order valence-corrected chi connectivity index (χ3v) is 6.16. The van der Waals surface area contributed by atoms with Crippen LogP contribution in [-0.4, -0.2) is 62.8 Å². The van der Waals surface area contributed by atoms with Crippen molar-refractivity contribution in [1.29, 1.82) is 0 Å². The minimum absolute atomic E-state index is 0.226. The van der Waals surface area contributed by atoms with E-state index in [1.54, 1.807) is 40.4 Å². The van der Waals surface area contributed by atoms with Gasteiger partial charge in [-0.1, -0.05) is 12.1 Å². The zero-order valence-electron chi connectivity index (χ0n) is 22.7. The van der Waals surface area contributed by atoms with Crippen LogP contribution in [-0.2, 0) is 10.9 Å². The molecule has 9 nitrogen and oxygen atoms in total. The summed E-state index contributed by atoms with van der Waals surface area (Å²) < 4.78 is 50.0. The summed E-state index contributed by atoms with van der Waals surface area (Å²) in [6.07, 6.45) is -1.83. The van der Waals surface area contributed by atoms with Crippen LogP contribution in [0.1, 0.15) is 26.3 Å². The minimum Gasteiger partial charge on any atom is -0.444 e. The second-order valence-electron chi connectivity index (χ2n) is 10.4. The largest absolute Gasteiger partial charge is 0.444 e. The molecule has 0 unspecified atom stereocenters. The molecule has 0 atom stereocenters. The first-order valence-electron chi connectivity index (χ1n) is 12.9. The van der Waals surface area contributed by atoms with Crippen molar-refractivity contribution in [1.82, 2.24) is 24.9 Å². The summed E-state index contributed by atoms with van der Waals surface area (Å²) in [6.45, 7) is 7.49. The number of amides is 1. The van der Waals surface area contributed by atoms with E-state index in [1.165, 1.54) is 18.5 Å². The third kappa shape index (κ3) is 7.01. The van der Waals surface area contributed by atoms with Crippen molar-refractivity contribution in [2.24, 2.45) is 0 Å². The first kappa shape index (κ1) is 28.1. The van der Waals surface area contributed by atoms with Crippen LogP contribution in [0.2, 0.25) is 0 Å². The summed E-state index contributed by atoms with van der Waals surface area (Å²) in [5, 5.41) is 2.56. The van der Waals surface area contributed by atoms with Crippen molar-refractivity contribution in [2.45, 2.75) is 32.5 Å². The standard InChI is InChI=1S/C29H28F3N5O4/c1-28(2,3)40-27(38)36-12-14-37(15-13-36)41-25-10-11-33-24-16-21(8-9-22(24)25)39-26-17-23(34-18-35-26)19-4-6-20(7-5-19)29(30,31)32/h4-11,16-18H,12-15H2,1-3H3. The molecular formula is C29H28F3N5O4. The summed E-state index contributed by atoms with van der Waals surface area (Å²) in [7, 11) is 0. The highest BCUT2D eigenvalue weighted by molar-refractivity contribution is 5.86. The fourth-order valence-corrected chi connectivity index (χ4v) is 4.18. The molecule has 0 bridgehead atoms. The second-order valence-corrected chi connectivity index (χ2v) is 10.4. The van der Waals surface area contributed by atoms with Crippen LogP contribution in [0.4, 0.5) is 18.0 Å². The van der Waals surface area contributed by atoms with Gasteiger partial charge < -0.3 is 19.2 Å². The van der Waals surface area contributed by atoms with E-state index in [1.807, 2.05) is 26.8 Å². The van der Waals surface area contributed by atoms with Crippen molar-refractivity contribution in [2.75, 3.05) is 26.2 Å². The summed E-state index contributed by atoms with van der Waals surface area (Å²) in [5.41, 5.74) is 0.265. The Morgan fingerprint density at radius 2 is 1.61 bits per heavy atom. The third-order valence-electron chi connectivity index (χ3n) is 6.16. The Morgan fingerprint density at radius 3 is 2.29 bits per heavy atom. The van der Waals surface area contributed by atoms with E-state index in [-0.39, 0.29) is 12.0 Å². The molecular weight excluding hydrogens is 539 g/mol. The lowest BCUT2D eigenvalue weighted by Gasteiger charge is -2.35. The average molecular weight is 568 g/mol. The molecule has 0 aliphatic carbocycles. The van der Waals surface area contributed by atoms with Gasteiger partial charge in [0.05, 0.1) is 29.9 Å². The van der Waals surface area contributed by atoms with E-state index in [0.717, 1.165) is 17.5 Å². The van der Waals surface area contributed by atoms with Crippen LogP contribution < -0.4 is 9.57 Å². The molecule has 41 heavy (non-hydrogen) atoms. The van der Waals surface area contributed by atoms with E-state index in [9.17, 15) is 18.0 Å². The van der Waals surface area contributed by atoms with Gasteiger partial charge in [-0.25, -0.2) is 14.8 Å². The van der Waals surface area contributed by atoms with Crippen molar-refractivity contribution in [3.8, 4) is 28.6 Å². The normalized spacial score (nSPS) is 14.6. The first-order chi connectivity index (χ1) is 19.4. The molecule has 214 valence electrons. The lowest BCUT2D eigenvalue weighted by atomic mass is 10.1. The number of alkyl halides is 3. The quantitative estimate of drug-likeness (QED) is 0.276. The second kappa shape index (κ2) is 11.2. The van der Waals surface area contributed by atoms with Crippen LogP contribution in [0.5, 0.6) is 17.4 Å². The van der Waals surface area contributed by atoms with Gasteiger partial charge in [0.15, 0.2) is 5.75 Å². The molecule has 1 amide bonds. The Kier molecular flexibility index (Phi) is 7.68. The number of aromatic nitrogens is 3. The molecule has 1 aliphatic rings. The zero-order valence-corrected chi connectivity index (χ0v) is 22.7. The molecule has 0 radical (unpaired) electrons. The predicted octanol–water partition coefficient (Wildman–Crippen LogP) is 6.35. The molecule has 2 aromatic carbocycles. The molecule has 5 rings (SSSR count). The molecule has 1 saturated heterocycles. The first-order valence-corrected chi connectivity index (χ1v) is 12.9. The van der Waals surface area contributed by atoms with Crippen molar-refractivity contribution < 1.29 is 32.3 Å². The highest BCUT2D eigenvalue weighted by atomic mass is 19.4. The fourth-order valence-electron chi connectivity index (χ4n) is 4.18. The Hall–Kier alpha value is -4.45. The molecule has 1 fully saturated rings. The number of nitrogens with zero attached hydrogens (tertiary/aromatic N) is 5. The summed E-state index contributed by atoms with van der Waals surface area (Å²) in [4.78, 5) is 32.8. The summed E-state index contributed by atoms with van der Waals surface area (Å²) in [5.74, 6) is 1.30. The molecule has 4 aromatic rings. The number of carbonyl (C=O) groups is 1. The van der Waals surface area contributed by atoms with Gasteiger partial charge in [-0.15, -0.1) is 5.06 Å². The van der Waals surface area contributed by atoms with Crippen LogP contribution in [0.3, 0.4) is 0 Å². The minimum atomic E-state index is -4.41. The van der Waals surface area contributed by atoms with E-state index < -0.39 is 17.3 Å². The van der Waals surface area contributed by atoms with Crippen LogP contribution in [0, 0.1) is 0 Å². The number of piperazine rings is 1. The maximum Gasteiger partial charge on any atom is 0.416 e. The lowest BCUT2D eigenvalue weighted by molar-refractivity contribution is -0.137. The van der Waals surface area contributed by atoms with Gasteiger partial charge in [0.2, 0.25) is 5.88 Å². The van der Waals surface area contributed by atoms with E-state index in [2.05, 4.69) is 15.0 Å². The maximum absolute atomic E-state index is 12.9. The molecule has 12 heteroatoms. The lowest BCUT2D eigenvalue weighted by Crippen LogP contribution is -2.50. The van der Waals surface area contributed by atoms with Crippen molar-refractivity contribution in [3.63, 3.8) is 0 Å². The molecule has 0 spiro atoms. The Morgan fingerprint density at radius 1 is 0.878 bits per heavy atom. The summed E-state index contributed by atoms with van der Waals surface area (Å²) in [6, 6.07) is 13.4. The molecule has 2 aromatic heterocycles. The van der Waals surface area contributed by atoms with Gasteiger partial charge in [-0.05, 0) is 45.0 Å². The predicted molar refractivity (Wildman–Crippen MR) is 144 cm³/mol. The SMILES string of the molecule is CC(C)(C)OC(=O)N1CCN(Oc2ccnc3cc(Oc4cc(-c5ccc(C(F)(F)F)cc5)ncn4)ccc23)CC1. The topological polar surface area (TPSA) is 89.9 Å². The monoisotopic (exact) mass is 567 g/mol. The smallest absolute Gasteiger partial charge is 0.416 e. The number of fused-ring (bicyclic) bond motifs is 1. The molecule has 0 saturated carbocycles. The number of benzene rings is 2. The number of halogens is 3. The number of rotatable bonds is 5. The van der Waals surface area contributed by atoms with Crippen LogP contribution in [0.15, 0.2) is 67.1 Å².